The van der Waals surface area contributed by atoms with E-state index in [4.69, 9.17) is 4.74 Å². The monoisotopic (exact) mass is 457 g/mol. The van der Waals surface area contributed by atoms with Gasteiger partial charge in [-0.05, 0) is 31.7 Å². The number of carbonyl (C=O) groups is 3. The SMILES string of the molecule is CCOC(=O)c1c(NC(=O)C2CCN(C(=O)N(C)C)CC2)sc2c1CCS(=O)(=O)C2. The van der Waals surface area contributed by atoms with E-state index in [1.54, 1.807) is 25.9 Å². The van der Waals surface area contributed by atoms with Crippen LogP contribution < -0.4 is 5.32 Å². The van der Waals surface area contributed by atoms with E-state index in [2.05, 4.69) is 5.32 Å². The Hall–Kier alpha value is -2.14. The lowest BCUT2D eigenvalue weighted by molar-refractivity contribution is -0.121. The third-order valence-electron chi connectivity index (χ3n) is 5.34. The molecule has 166 valence electrons. The van der Waals surface area contributed by atoms with Crippen molar-refractivity contribution < 1.29 is 27.5 Å². The number of carbonyl (C=O) groups excluding carboxylic acids is 3. The van der Waals surface area contributed by atoms with Crippen LogP contribution in [-0.4, -0.2) is 75.7 Å². The molecule has 0 atom stereocenters. The van der Waals surface area contributed by atoms with Gasteiger partial charge in [0.05, 0.1) is 23.7 Å². The van der Waals surface area contributed by atoms with Gasteiger partial charge >= 0.3 is 12.0 Å². The molecule has 1 N–H and O–H groups in total. The van der Waals surface area contributed by atoms with Gasteiger partial charge in [-0.1, -0.05) is 0 Å². The van der Waals surface area contributed by atoms with Crippen LogP contribution in [0.15, 0.2) is 0 Å². The Morgan fingerprint density at radius 3 is 2.50 bits per heavy atom. The average Bonchev–Trinajstić information content (AvgIpc) is 3.03. The van der Waals surface area contributed by atoms with Gasteiger partial charge in [0.25, 0.3) is 0 Å². The maximum Gasteiger partial charge on any atom is 0.341 e. The number of amides is 3. The summed E-state index contributed by atoms with van der Waals surface area (Å²) in [6.07, 6.45) is 1.29. The number of nitrogens with zero attached hydrogens (tertiary/aromatic N) is 2. The third-order valence-corrected chi connectivity index (χ3v) is 8.22. The molecule has 3 heterocycles. The van der Waals surface area contributed by atoms with Crippen molar-refractivity contribution in [1.82, 2.24) is 9.80 Å². The molecule has 30 heavy (non-hydrogen) atoms. The third kappa shape index (κ3) is 4.77. The molecular weight excluding hydrogens is 430 g/mol. The molecule has 0 bridgehead atoms. The number of anilines is 1. The zero-order valence-corrected chi connectivity index (χ0v) is 19.0. The highest BCUT2D eigenvalue weighted by atomic mass is 32.2. The topological polar surface area (TPSA) is 113 Å². The van der Waals surface area contributed by atoms with Gasteiger partial charge in [0.15, 0.2) is 9.84 Å². The van der Waals surface area contributed by atoms with Crippen LogP contribution in [-0.2, 0) is 31.5 Å². The van der Waals surface area contributed by atoms with Gasteiger partial charge in [0.2, 0.25) is 5.91 Å². The summed E-state index contributed by atoms with van der Waals surface area (Å²) in [6, 6.07) is -0.0782. The fourth-order valence-electron chi connectivity index (χ4n) is 3.76. The molecule has 0 radical (unpaired) electrons. The number of thiophene rings is 1. The van der Waals surface area contributed by atoms with E-state index in [0.717, 1.165) is 11.3 Å². The second kappa shape index (κ2) is 8.93. The zero-order chi connectivity index (χ0) is 22.1. The predicted octanol–water partition coefficient (Wildman–Crippen LogP) is 1.73. The Labute approximate surface area is 180 Å². The van der Waals surface area contributed by atoms with Crippen LogP contribution in [0.3, 0.4) is 0 Å². The molecule has 1 fully saturated rings. The van der Waals surface area contributed by atoms with Gasteiger partial charge in [-0.15, -0.1) is 11.3 Å². The summed E-state index contributed by atoms with van der Waals surface area (Å²) >= 11 is 1.14. The lowest BCUT2D eigenvalue weighted by Gasteiger charge is -2.33. The molecule has 3 rings (SSSR count). The van der Waals surface area contributed by atoms with Crippen LogP contribution in [0.1, 0.15) is 40.6 Å². The highest BCUT2D eigenvalue weighted by Crippen LogP contribution is 2.39. The van der Waals surface area contributed by atoms with Crippen molar-refractivity contribution in [3.05, 3.63) is 16.0 Å². The normalized spacial score (nSPS) is 18.4. The second-order valence-corrected chi connectivity index (χ2v) is 11.0. The number of rotatable bonds is 4. The molecule has 1 aromatic rings. The number of urea groups is 1. The first-order valence-electron chi connectivity index (χ1n) is 9.92. The Balaban J connectivity index is 1.76. The van der Waals surface area contributed by atoms with Crippen molar-refractivity contribution in [2.24, 2.45) is 5.92 Å². The summed E-state index contributed by atoms with van der Waals surface area (Å²) in [4.78, 5) is 41.3. The summed E-state index contributed by atoms with van der Waals surface area (Å²) in [5.74, 6) is -1.20. The molecule has 2 aliphatic heterocycles. The number of esters is 1. The summed E-state index contributed by atoms with van der Waals surface area (Å²) in [5.41, 5.74) is 0.940. The van der Waals surface area contributed by atoms with E-state index in [1.807, 2.05) is 0 Å². The molecule has 2 aliphatic rings. The Morgan fingerprint density at radius 2 is 1.90 bits per heavy atom. The molecule has 0 saturated carbocycles. The number of nitrogens with one attached hydrogen (secondary N) is 1. The van der Waals surface area contributed by atoms with Gasteiger partial charge in [-0.25, -0.2) is 18.0 Å². The summed E-state index contributed by atoms with van der Waals surface area (Å²) < 4.78 is 29.2. The zero-order valence-electron chi connectivity index (χ0n) is 17.4. The molecule has 11 heteroatoms. The molecule has 9 nitrogen and oxygen atoms in total. The van der Waals surface area contributed by atoms with E-state index >= 15 is 0 Å². The molecule has 1 aromatic heterocycles. The van der Waals surface area contributed by atoms with Crippen molar-refractivity contribution in [3.63, 3.8) is 0 Å². The molecule has 0 aromatic carbocycles. The number of fused-ring (bicyclic) bond motifs is 1. The van der Waals surface area contributed by atoms with Crippen molar-refractivity contribution in [3.8, 4) is 0 Å². The number of likely N-dealkylation sites (tertiary alicyclic amines) is 1. The number of sulfone groups is 1. The summed E-state index contributed by atoms with van der Waals surface area (Å²) in [5, 5.41) is 3.20. The quantitative estimate of drug-likeness (QED) is 0.689. The number of piperidine rings is 1. The van der Waals surface area contributed by atoms with Crippen molar-refractivity contribution >= 4 is 44.1 Å². The Bertz CT molecular complexity index is 946. The van der Waals surface area contributed by atoms with Crippen LogP contribution >= 0.6 is 11.3 Å². The van der Waals surface area contributed by atoms with Gasteiger partial charge < -0.3 is 19.9 Å². The lowest BCUT2D eigenvalue weighted by atomic mass is 9.96. The Kier molecular flexibility index (Phi) is 6.71. The lowest BCUT2D eigenvalue weighted by Crippen LogP contribution is -2.45. The molecule has 0 spiro atoms. The van der Waals surface area contributed by atoms with Gasteiger partial charge in [-0.2, -0.15) is 0 Å². The largest absolute Gasteiger partial charge is 0.462 e. The first-order chi connectivity index (χ1) is 14.1. The minimum absolute atomic E-state index is 0.0190. The van der Waals surface area contributed by atoms with Gasteiger partial charge in [0.1, 0.15) is 5.00 Å². The molecular formula is C19H27N3O6S2. The van der Waals surface area contributed by atoms with Gasteiger partial charge in [-0.3, -0.25) is 4.79 Å². The second-order valence-electron chi connectivity index (χ2n) is 7.70. The highest BCUT2D eigenvalue weighted by Gasteiger charge is 2.34. The fraction of sp³-hybridized carbons (Fsp3) is 0.632. The minimum Gasteiger partial charge on any atom is -0.462 e. The molecule has 1 saturated heterocycles. The van der Waals surface area contributed by atoms with Crippen molar-refractivity contribution in [2.45, 2.75) is 31.9 Å². The minimum atomic E-state index is -3.20. The maximum atomic E-state index is 12.9. The van der Waals surface area contributed by atoms with Crippen LogP contribution in [0.4, 0.5) is 9.80 Å². The van der Waals surface area contributed by atoms with Crippen molar-refractivity contribution in [2.75, 3.05) is 44.9 Å². The molecule has 3 amide bonds. The first kappa shape index (κ1) is 22.5. The summed E-state index contributed by atoms with van der Waals surface area (Å²) in [7, 11) is 0.179. The van der Waals surface area contributed by atoms with E-state index < -0.39 is 15.8 Å². The first-order valence-corrected chi connectivity index (χ1v) is 12.6. The van der Waals surface area contributed by atoms with Crippen molar-refractivity contribution in [1.29, 1.82) is 0 Å². The number of hydrogen-bond acceptors (Lipinski definition) is 7. The maximum absolute atomic E-state index is 12.9. The Morgan fingerprint density at radius 1 is 1.23 bits per heavy atom. The summed E-state index contributed by atoms with van der Waals surface area (Å²) in [6.45, 7) is 2.85. The van der Waals surface area contributed by atoms with E-state index in [0.29, 0.717) is 41.4 Å². The number of hydrogen-bond donors (Lipinski definition) is 1. The van der Waals surface area contributed by atoms with Gasteiger partial charge in [0, 0.05) is 38.0 Å². The van der Waals surface area contributed by atoms with E-state index in [1.165, 1.54) is 4.90 Å². The fourth-order valence-corrected chi connectivity index (χ4v) is 6.80. The molecule has 0 aliphatic carbocycles. The number of ether oxygens (including phenoxy) is 1. The van der Waals surface area contributed by atoms with E-state index in [-0.39, 0.29) is 48.0 Å². The predicted molar refractivity (Wildman–Crippen MR) is 113 cm³/mol. The van der Waals surface area contributed by atoms with Crippen LogP contribution in [0.5, 0.6) is 0 Å². The van der Waals surface area contributed by atoms with Crippen LogP contribution in [0, 0.1) is 5.92 Å². The van der Waals surface area contributed by atoms with E-state index in [9.17, 15) is 22.8 Å². The average molecular weight is 458 g/mol. The van der Waals surface area contributed by atoms with Crippen LogP contribution in [0.2, 0.25) is 0 Å². The smallest absolute Gasteiger partial charge is 0.341 e. The van der Waals surface area contributed by atoms with Crippen LogP contribution in [0.25, 0.3) is 0 Å². The molecule has 0 unspecified atom stereocenters. The highest BCUT2D eigenvalue weighted by molar-refractivity contribution is 7.90. The standard InChI is InChI=1S/C19H27N3O6S2/c1-4-28-18(24)15-13-7-10-30(26,27)11-14(13)29-17(15)20-16(23)12-5-8-22(9-6-12)19(25)21(2)3/h12H,4-11H2,1-3H3,(H,20,23).